The molecule has 25 heavy (non-hydrogen) atoms. The average Bonchev–Trinajstić information content (AvgIpc) is 3.06. The molecule has 0 unspecified atom stereocenters. The molecule has 1 aliphatic rings. The minimum absolute atomic E-state index is 0.425. The quantitative estimate of drug-likeness (QED) is 0.722. The van der Waals surface area contributed by atoms with Gasteiger partial charge in [-0.1, -0.05) is 38.1 Å². The van der Waals surface area contributed by atoms with Gasteiger partial charge in [-0.3, -0.25) is 0 Å². The smallest absolute Gasteiger partial charge is 0.0915 e. The fourth-order valence-corrected chi connectivity index (χ4v) is 3.87. The lowest BCUT2D eigenvalue weighted by molar-refractivity contribution is 0.170. The van der Waals surface area contributed by atoms with Crippen molar-refractivity contribution in [2.45, 2.75) is 51.7 Å². The van der Waals surface area contributed by atoms with E-state index >= 15 is 0 Å². The summed E-state index contributed by atoms with van der Waals surface area (Å²) in [5.41, 5.74) is 7.94. The molecule has 0 heterocycles. The maximum atomic E-state index is 10.5. The van der Waals surface area contributed by atoms with E-state index in [1.54, 1.807) is 0 Å². The third-order valence-corrected chi connectivity index (χ3v) is 5.38. The molecule has 3 nitrogen and oxygen atoms in total. The van der Waals surface area contributed by atoms with Gasteiger partial charge in [-0.25, -0.2) is 0 Å². The van der Waals surface area contributed by atoms with Gasteiger partial charge in [0.1, 0.15) is 0 Å². The van der Waals surface area contributed by atoms with Crippen LogP contribution in [0.1, 0.15) is 47.8 Å². The van der Waals surface area contributed by atoms with Crippen molar-refractivity contribution in [1.82, 2.24) is 5.32 Å². The van der Waals surface area contributed by atoms with Gasteiger partial charge in [-0.2, -0.15) is 0 Å². The summed E-state index contributed by atoms with van der Waals surface area (Å²) in [6.45, 7) is 5.06. The van der Waals surface area contributed by atoms with Gasteiger partial charge in [-0.15, -0.1) is 0 Å². The number of aliphatic hydroxyl groups is 1. The topological polar surface area (TPSA) is 44.3 Å². The maximum Gasteiger partial charge on any atom is 0.0915 e. The van der Waals surface area contributed by atoms with Crippen molar-refractivity contribution >= 4 is 5.69 Å². The van der Waals surface area contributed by atoms with E-state index < -0.39 is 6.10 Å². The summed E-state index contributed by atoms with van der Waals surface area (Å²) in [5.74, 6) is 0. The van der Waals surface area contributed by atoms with Crippen LogP contribution in [0.3, 0.4) is 0 Å². The van der Waals surface area contributed by atoms with Crippen LogP contribution in [0, 0.1) is 0 Å². The Hall–Kier alpha value is -1.84. The van der Waals surface area contributed by atoms with Crippen LogP contribution in [0.25, 0.3) is 0 Å². The molecule has 0 saturated heterocycles. The summed E-state index contributed by atoms with van der Waals surface area (Å²) in [7, 11) is 1.90. The highest BCUT2D eigenvalue weighted by molar-refractivity contribution is 5.46. The summed E-state index contributed by atoms with van der Waals surface area (Å²) >= 11 is 0. The average molecular weight is 338 g/mol. The highest BCUT2D eigenvalue weighted by Gasteiger charge is 2.23. The van der Waals surface area contributed by atoms with Crippen molar-refractivity contribution in [1.29, 1.82) is 0 Å². The standard InChI is InChI=1S/C22H30N2O/c1-4-15-9-18-12-21(13-19(18)10-16(15)5-2)24-14-22(25)17-7-6-8-20(11-17)23-3/h6-11,21-25H,4-5,12-14H2,1-3H3/t22-/m0/s1. The van der Waals surface area contributed by atoms with E-state index in [-0.39, 0.29) is 0 Å². The van der Waals surface area contributed by atoms with Crippen LogP contribution in [0.4, 0.5) is 5.69 Å². The van der Waals surface area contributed by atoms with Crippen LogP contribution in [0.2, 0.25) is 0 Å². The van der Waals surface area contributed by atoms with Crippen LogP contribution in [0.15, 0.2) is 36.4 Å². The van der Waals surface area contributed by atoms with E-state index in [0.717, 1.165) is 36.9 Å². The molecule has 1 aliphatic carbocycles. The molecule has 0 fully saturated rings. The minimum Gasteiger partial charge on any atom is -0.388 e. The number of benzene rings is 2. The second-order valence-electron chi connectivity index (χ2n) is 7.00. The SMILES string of the molecule is CCc1cc2c(cc1CC)CC(NC[C@H](O)c1cccc(NC)c1)C2. The van der Waals surface area contributed by atoms with Gasteiger partial charge in [0.15, 0.2) is 0 Å². The molecule has 0 saturated carbocycles. The molecule has 0 aliphatic heterocycles. The number of aliphatic hydroxyl groups excluding tert-OH is 1. The summed E-state index contributed by atoms with van der Waals surface area (Å²) in [6.07, 6.45) is 3.87. The fraction of sp³-hybridized carbons (Fsp3) is 0.455. The predicted molar refractivity (Wildman–Crippen MR) is 105 cm³/mol. The summed E-state index contributed by atoms with van der Waals surface area (Å²) in [6, 6.07) is 13.2. The lowest BCUT2D eigenvalue weighted by atomic mass is 9.97. The fourth-order valence-electron chi connectivity index (χ4n) is 3.87. The highest BCUT2D eigenvalue weighted by atomic mass is 16.3. The van der Waals surface area contributed by atoms with Gasteiger partial charge in [-0.05, 0) is 65.6 Å². The number of rotatable bonds is 7. The number of aryl methyl sites for hydroxylation is 2. The molecular weight excluding hydrogens is 308 g/mol. The maximum absolute atomic E-state index is 10.5. The Bertz CT molecular complexity index is 693. The first-order chi connectivity index (χ1) is 12.1. The third kappa shape index (κ3) is 4.05. The molecule has 2 aromatic carbocycles. The molecule has 0 aromatic heterocycles. The van der Waals surface area contributed by atoms with Crippen molar-refractivity contribution in [3.05, 3.63) is 64.2 Å². The number of fused-ring (bicyclic) bond motifs is 1. The number of nitrogens with one attached hydrogen (secondary N) is 2. The molecular formula is C22H30N2O. The monoisotopic (exact) mass is 338 g/mol. The molecule has 1 atom stereocenters. The number of hydrogen-bond acceptors (Lipinski definition) is 3. The Balaban J connectivity index is 1.61. The Morgan fingerprint density at radius 1 is 1.04 bits per heavy atom. The molecule has 0 spiro atoms. The summed E-state index contributed by atoms with van der Waals surface area (Å²) in [4.78, 5) is 0. The Morgan fingerprint density at radius 2 is 1.68 bits per heavy atom. The van der Waals surface area contributed by atoms with Gasteiger partial charge in [0.25, 0.3) is 0 Å². The molecule has 3 rings (SSSR count). The Morgan fingerprint density at radius 3 is 2.24 bits per heavy atom. The second kappa shape index (κ2) is 8.03. The van der Waals surface area contributed by atoms with Crippen LogP contribution in [-0.4, -0.2) is 24.7 Å². The van der Waals surface area contributed by atoms with Gasteiger partial charge in [0, 0.05) is 25.3 Å². The molecule has 3 N–H and O–H groups in total. The Kier molecular flexibility index (Phi) is 5.77. The summed E-state index contributed by atoms with van der Waals surface area (Å²) in [5, 5.41) is 17.2. The van der Waals surface area contributed by atoms with Crippen molar-refractivity contribution in [2.24, 2.45) is 0 Å². The predicted octanol–water partition coefficient (Wildman–Crippen LogP) is 3.64. The van der Waals surface area contributed by atoms with Crippen molar-refractivity contribution < 1.29 is 5.11 Å². The van der Waals surface area contributed by atoms with Gasteiger partial charge >= 0.3 is 0 Å². The Labute approximate surface area is 151 Å². The zero-order chi connectivity index (χ0) is 17.8. The van der Waals surface area contributed by atoms with E-state index in [9.17, 15) is 5.11 Å². The van der Waals surface area contributed by atoms with E-state index in [2.05, 4.69) is 36.6 Å². The summed E-state index contributed by atoms with van der Waals surface area (Å²) < 4.78 is 0. The largest absolute Gasteiger partial charge is 0.388 e. The number of hydrogen-bond donors (Lipinski definition) is 3. The van der Waals surface area contributed by atoms with E-state index in [1.807, 2.05) is 31.3 Å². The molecule has 3 heteroatoms. The van der Waals surface area contributed by atoms with E-state index in [4.69, 9.17) is 0 Å². The molecule has 0 bridgehead atoms. The zero-order valence-electron chi connectivity index (χ0n) is 15.6. The van der Waals surface area contributed by atoms with Gasteiger partial charge in [0.2, 0.25) is 0 Å². The van der Waals surface area contributed by atoms with E-state index in [0.29, 0.717) is 12.6 Å². The van der Waals surface area contributed by atoms with Gasteiger partial charge in [0.05, 0.1) is 6.10 Å². The first kappa shape index (κ1) is 18.0. The molecule has 134 valence electrons. The first-order valence-electron chi connectivity index (χ1n) is 9.47. The zero-order valence-corrected chi connectivity index (χ0v) is 15.6. The van der Waals surface area contributed by atoms with Crippen LogP contribution in [0.5, 0.6) is 0 Å². The molecule has 2 aromatic rings. The second-order valence-corrected chi connectivity index (χ2v) is 7.00. The highest BCUT2D eigenvalue weighted by Crippen LogP contribution is 2.27. The van der Waals surface area contributed by atoms with Crippen LogP contribution < -0.4 is 10.6 Å². The lowest BCUT2D eigenvalue weighted by Crippen LogP contribution is -2.33. The lowest BCUT2D eigenvalue weighted by Gasteiger charge is -2.17. The van der Waals surface area contributed by atoms with Crippen LogP contribution >= 0.6 is 0 Å². The first-order valence-corrected chi connectivity index (χ1v) is 9.47. The molecule has 0 radical (unpaired) electrons. The van der Waals surface area contributed by atoms with E-state index in [1.165, 1.54) is 22.3 Å². The third-order valence-electron chi connectivity index (χ3n) is 5.38. The van der Waals surface area contributed by atoms with Crippen molar-refractivity contribution in [3.8, 4) is 0 Å². The molecule has 0 amide bonds. The normalized spacial score (nSPS) is 15.2. The minimum atomic E-state index is -0.477. The van der Waals surface area contributed by atoms with Gasteiger partial charge < -0.3 is 15.7 Å². The number of anilines is 1. The van der Waals surface area contributed by atoms with Crippen molar-refractivity contribution in [3.63, 3.8) is 0 Å². The van der Waals surface area contributed by atoms with Crippen LogP contribution in [-0.2, 0) is 25.7 Å². The van der Waals surface area contributed by atoms with Crippen molar-refractivity contribution in [2.75, 3.05) is 18.9 Å².